The smallest absolute Gasteiger partial charge is 0.326 e. The van der Waals surface area contributed by atoms with E-state index in [0.717, 1.165) is 0 Å². The lowest BCUT2D eigenvalue weighted by Crippen LogP contribution is -2.39. The second kappa shape index (κ2) is 11.5. The zero-order valence-electron chi connectivity index (χ0n) is 16.7. The van der Waals surface area contributed by atoms with Gasteiger partial charge < -0.3 is 19.7 Å². The van der Waals surface area contributed by atoms with Crippen molar-refractivity contribution in [3.05, 3.63) is 66.2 Å². The molecule has 2 aromatic rings. The van der Waals surface area contributed by atoms with Crippen LogP contribution >= 0.6 is 0 Å². The molecular weight excluding hydrogens is 372 g/mol. The number of carbonyl (C=O) groups is 3. The van der Waals surface area contributed by atoms with Crippen molar-refractivity contribution in [3.8, 4) is 5.75 Å². The van der Waals surface area contributed by atoms with Crippen LogP contribution in [0.4, 0.5) is 0 Å². The summed E-state index contributed by atoms with van der Waals surface area (Å²) in [7, 11) is 0. The van der Waals surface area contributed by atoms with Crippen LogP contribution in [0.1, 0.15) is 25.5 Å². The van der Waals surface area contributed by atoms with Gasteiger partial charge in [-0.05, 0) is 26.0 Å². The fourth-order valence-corrected chi connectivity index (χ4v) is 2.65. The van der Waals surface area contributed by atoms with Gasteiger partial charge in [-0.1, -0.05) is 48.5 Å². The Balaban J connectivity index is 1.91. The van der Waals surface area contributed by atoms with Gasteiger partial charge in [0.15, 0.2) is 6.61 Å². The van der Waals surface area contributed by atoms with Gasteiger partial charge in [0.05, 0.1) is 0 Å². The predicted octanol–water partition coefficient (Wildman–Crippen LogP) is 2.33. The Hall–Kier alpha value is -3.35. The maximum Gasteiger partial charge on any atom is 0.326 e. The number of rotatable bonds is 10. The first-order chi connectivity index (χ1) is 14.0. The molecule has 0 saturated carbocycles. The largest absolute Gasteiger partial charge is 0.484 e. The lowest BCUT2D eigenvalue weighted by molar-refractivity contribution is -0.160. The van der Waals surface area contributed by atoms with Gasteiger partial charge in [0.25, 0.3) is 11.8 Å². The van der Waals surface area contributed by atoms with Crippen LogP contribution in [-0.4, -0.2) is 48.9 Å². The van der Waals surface area contributed by atoms with E-state index in [1.807, 2.05) is 26.0 Å². The summed E-state index contributed by atoms with van der Waals surface area (Å²) in [6.07, 6.45) is -1.05. The van der Waals surface area contributed by atoms with E-state index < -0.39 is 18.0 Å². The lowest BCUT2D eigenvalue weighted by Gasteiger charge is -2.25. The summed E-state index contributed by atoms with van der Waals surface area (Å²) in [6.45, 7) is 4.15. The van der Waals surface area contributed by atoms with Crippen LogP contribution in [0.25, 0.3) is 0 Å². The summed E-state index contributed by atoms with van der Waals surface area (Å²) >= 11 is 0. The molecule has 2 aromatic carbocycles. The monoisotopic (exact) mass is 398 g/mol. The van der Waals surface area contributed by atoms with Crippen molar-refractivity contribution in [3.63, 3.8) is 0 Å². The molecule has 0 aliphatic carbocycles. The van der Waals surface area contributed by atoms with Crippen molar-refractivity contribution >= 4 is 17.8 Å². The van der Waals surface area contributed by atoms with Gasteiger partial charge >= 0.3 is 5.97 Å². The summed E-state index contributed by atoms with van der Waals surface area (Å²) in [5.41, 5.74) is 0.580. The zero-order valence-corrected chi connectivity index (χ0v) is 16.7. The van der Waals surface area contributed by atoms with E-state index >= 15 is 0 Å². The summed E-state index contributed by atoms with van der Waals surface area (Å²) in [5, 5.41) is 2.44. The van der Waals surface area contributed by atoms with E-state index in [2.05, 4.69) is 5.32 Å². The number of esters is 1. The highest BCUT2D eigenvalue weighted by Crippen LogP contribution is 2.20. The molecule has 2 amide bonds. The highest BCUT2D eigenvalue weighted by Gasteiger charge is 2.28. The highest BCUT2D eigenvalue weighted by atomic mass is 16.5. The van der Waals surface area contributed by atoms with Crippen molar-refractivity contribution in [2.45, 2.75) is 20.0 Å². The van der Waals surface area contributed by atoms with Gasteiger partial charge in [-0.3, -0.25) is 14.4 Å². The van der Waals surface area contributed by atoms with Crippen molar-refractivity contribution < 1.29 is 23.9 Å². The van der Waals surface area contributed by atoms with E-state index in [-0.39, 0.29) is 19.1 Å². The third-order valence-electron chi connectivity index (χ3n) is 4.19. The molecule has 29 heavy (non-hydrogen) atoms. The third kappa shape index (κ3) is 6.95. The van der Waals surface area contributed by atoms with Crippen LogP contribution in [0.5, 0.6) is 5.75 Å². The second-order valence-electron chi connectivity index (χ2n) is 6.17. The van der Waals surface area contributed by atoms with Gasteiger partial charge in [-0.25, -0.2) is 0 Å². The molecule has 0 bridgehead atoms. The molecule has 2 rings (SSSR count). The quantitative estimate of drug-likeness (QED) is 0.621. The Morgan fingerprint density at radius 2 is 1.52 bits per heavy atom. The molecule has 0 radical (unpaired) electrons. The van der Waals surface area contributed by atoms with Crippen LogP contribution in [0.2, 0.25) is 0 Å². The molecule has 0 aromatic heterocycles. The van der Waals surface area contributed by atoms with E-state index in [1.165, 1.54) is 0 Å². The Morgan fingerprint density at radius 3 is 2.10 bits per heavy atom. The average molecular weight is 398 g/mol. The first-order valence-electron chi connectivity index (χ1n) is 9.52. The minimum Gasteiger partial charge on any atom is -0.484 e. The van der Waals surface area contributed by atoms with Gasteiger partial charge in [-0.2, -0.15) is 0 Å². The fraction of sp³-hybridized carbons (Fsp3) is 0.318. The van der Waals surface area contributed by atoms with E-state index in [1.54, 1.807) is 53.4 Å². The summed E-state index contributed by atoms with van der Waals surface area (Å²) < 4.78 is 10.7. The number of likely N-dealkylation sites (N-methyl/N-ethyl adjacent to an activating group) is 1. The summed E-state index contributed by atoms with van der Waals surface area (Å²) in [5.74, 6) is -0.906. The van der Waals surface area contributed by atoms with Crippen LogP contribution in [0, 0.1) is 0 Å². The standard InChI is InChI=1S/C22H26N2O5/c1-3-24(4-2)22(27)21(17-11-7-5-8-12-17)29-20(26)15-23-19(25)16-28-18-13-9-6-10-14-18/h5-14,21H,3-4,15-16H2,1-2H3,(H,23,25)/t21-/m0/s1. The van der Waals surface area contributed by atoms with Gasteiger partial charge in [-0.15, -0.1) is 0 Å². The molecule has 1 N–H and O–H groups in total. The molecule has 1 atom stereocenters. The van der Waals surface area contributed by atoms with E-state index in [4.69, 9.17) is 9.47 Å². The molecule has 0 unspecified atom stereocenters. The number of carbonyl (C=O) groups excluding carboxylic acids is 3. The Labute approximate surface area is 170 Å². The van der Waals surface area contributed by atoms with Gasteiger partial charge in [0, 0.05) is 18.7 Å². The Morgan fingerprint density at radius 1 is 0.931 bits per heavy atom. The minimum atomic E-state index is -1.05. The molecule has 154 valence electrons. The highest BCUT2D eigenvalue weighted by molar-refractivity contribution is 5.87. The number of para-hydroxylation sites is 1. The molecule has 7 heteroatoms. The van der Waals surface area contributed by atoms with Crippen LogP contribution in [0.3, 0.4) is 0 Å². The SMILES string of the molecule is CCN(CC)C(=O)[C@@H](OC(=O)CNC(=O)COc1ccccc1)c1ccccc1. The van der Waals surface area contributed by atoms with Gasteiger partial charge in [0.2, 0.25) is 6.10 Å². The normalized spacial score (nSPS) is 11.2. The molecule has 0 heterocycles. The van der Waals surface area contributed by atoms with Crippen molar-refractivity contribution in [1.82, 2.24) is 10.2 Å². The van der Waals surface area contributed by atoms with Crippen molar-refractivity contribution in [1.29, 1.82) is 0 Å². The predicted molar refractivity (Wildman–Crippen MR) is 108 cm³/mol. The molecule has 0 fully saturated rings. The number of hydrogen-bond acceptors (Lipinski definition) is 5. The molecule has 7 nitrogen and oxygen atoms in total. The number of nitrogens with zero attached hydrogens (tertiary/aromatic N) is 1. The zero-order chi connectivity index (χ0) is 21.1. The lowest BCUT2D eigenvalue weighted by atomic mass is 10.1. The average Bonchev–Trinajstić information content (AvgIpc) is 2.76. The van der Waals surface area contributed by atoms with Crippen LogP contribution < -0.4 is 10.1 Å². The summed E-state index contributed by atoms with van der Waals surface area (Å²) in [6, 6.07) is 17.7. The van der Waals surface area contributed by atoms with Gasteiger partial charge in [0.1, 0.15) is 12.3 Å². The van der Waals surface area contributed by atoms with Crippen molar-refractivity contribution in [2.75, 3.05) is 26.2 Å². The number of nitrogens with one attached hydrogen (secondary N) is 1. The number of amides is 2. The third-order valence-corrected chi connectivity index (χ3v) is 4.19. The molecule has 0 saturated heterocycles. The topological polar surface area (TPSA) is 84.9 Å². The van der Waals surface area contributed by atoms with E-state index in [0.29, 0.717) is 24.4 Å². The number of ether oxygens (including phenoxy) is 2. The van der Waals surface area contributed by atoms with Crippen LogP contribution in [-0.2, 0) is 19.1 Å². The Kier molecular flexibility index (Phi) is 8.69. The minimum absolute atomic E-state index is 0.224. The first-order valence-corrected chi connectivity index (χ1v) is 9.52. The Bertz CT molecular complexity index is 791. The number of benzene rings is 2. The van der Waals surface area contributed by atoms with E-state index in [9.17, 15) is 14.4 Å². The summed E-state index contributed by atoms with van der Waals surface area (Å²) in [4.78, 5) is 38.5. The first kappa shape index (κ1) is 21.9. The fourth-order valence-electron chi connectivity index (χ4n) is 2.65. The maximum absolute atomic E-state index is 12.8. The van der Waals surface area contributed by atoms with Crippen molar-refractivity contribution in [2.24, 2.45) is 0 Å². The van der Waals surface area contributed by atoms with Crippen LogP contribution in [0.15, 0.2) is 60.7 Å². The molecule has 0 aliphatic rings. The second-order valence-corrected chi connectivity index (χ2v) is 6.17. The number of hydrogen-bond donors (Lipinski definition) is 1. The maximum atomic E-state index is 12.8. The molecular formula is C22H26N2O5. The molecule has 0 spiro atoms. The molecule has 0 aliphatic heterocycles.